The molecule has 0 bridgehead atoms. The zero-order valence-corrected chi connectivity index (χ0v) is 10.1. The van der Waals surface area contributed by atoms with Gasteiger partial charge in [-0.3, -0.25) is 10.1 Å². The SMILES string of the molecule is Cc1cccc(NCC(C)CCO)c1[N+](=O)[O-]. The first kappa shape index (κ1) is 13.4. The summed E-state index contributed by atoms with van der Waals surface area (Å²) in [7, 11) is 0. The summed E-state index contributed by atoms with van der Waals surface area (Å²) in [5, 5.41) is 22.8. The lowest BCUT2D eigenvalue weighted by molar-refractivity contribution is -0.384. The van der Waals surface area contributed by atoms with Crippen molar-refractivity contribution in [1.29, 1.82) is 0 Å². The number of aliphatic hydroxyl groups is 1. The number of anilines is 1. The molecule has 0 saturated heterocycles. The van der Waals surface area contributed by atoms with Crippen LogP contribution in [0.15, 0.2) is 18.2 Å². The maximum atomic E-state index is 10.9. The van der Waals surface area contributed by atoms with Gasteiger partial charge < -0.3 is 10.4 Å². The normalized spacial score (nSPS) is 12.2. The molecule has 0 heterocycles. The van der Waals surface area contributed by atoms with Crippen LogP contribution in [0.2, 0.25) is 0 Å². The average molecular weight is 238 g/mol. The van der Waals surface area contributed by atoms with Gasteiger partial charge >= 0.3 is 0 Å². The van der Waals surface area contributed by atoms with Gasteiger partial charge in [0.25, 0.3) is 5.69 Å². The van der Waals surface area contributed by atoms with Crippen molar-refractivity contribution in [2.24, 2.45) is 5.92 Å². The lowest BCUT2D eigenvalue weighted by Crippen LogP contribution is -2.13. The Morgan fingerprint density at radius 1 is 1.53 bits per heavy atom. The fourth-order valence-corrected chi connectivity index (χ4v) is 1.65. The van der Waals surface area contributed by atoms with E-state index in [-0.39, 0.29) is 23.1 Å². The van der Waals surface area contributed by atoms with Crippen LogP contribution >= 0.6 is 0 Å². The summed E-state index contributed by atoms with van der Waals surface area (Å²) in [5.41, 5.74) is 1.32. The summed E-state index contributed by atoms with van der Waals surface area (Å²) >= 11 is 0. The smallest absolute Gasteiger partial charge is 0.295 e. The molecule has 0 aliphatic rings. The largest absolute Gasteiger partial charge is 0.396 e. The van der Waals surface area contributed by atoms with Crippen LogP contribution in [0.1, 0.15) is 18.9 Å². The Morgan fingerprint density at radius 2 is 2.24 bits per heavy atom. The third-order valence-electron chi connectivity index (χ3n) is 2.68. The van der Waals surface area contributed by atoms with Gasteiger partial charge in [-0.1, -0.05) is 19.1 Å². The van der Waals surface area contributed by atoms with Crippen LogP contribution in [0, 0.1) is 23.0 Å². The summed E-state index contributed by atoms with van der Waals surface area (Å²) < 4.78 is 0. The van der Waals surface area contributed by atoms with Gasteiger partial charge in [0.2, 0.25) is 0 Å². The standard InChI is InChI=1S/C12H18N2O3/c1-9(6-7-15)8-13-11-5-3-4-10(2)12(11)14(16)17/h3-5,9,13,15H,6-8H2,1-2H3. The number of hydrogen-bond donors (Lipinski definition) is 2. The Labute approximate surface area is 101 Å². The minimum atomic E-state index is -0.367. The molecule has 0 spiro atoms. The van der Waals surface area contributed by atoms with Gasteiger partial charge in [0, 0.05) is 18.7 Å². The van der Waals surface area contributed by atoms with Crippen molar-refractivity contribution in [2.45, 2.75) is 20.3 Å². The van der Waals surface area contributed by atoms with Crippen molar-refractivity contribution in [3.8, 4) is 0 Å². The van der Waals surface area contributed by atoms with E-state index in [1.54, 1.807) is 25.1 Å². The highest BCUT2D eigenvalue weighted by molar-refractivity contribution is 5.64. The maximum Gasteiger partial charge on any atom is 0.295 e. The Hall–Kier alpha value is -1.62. The van der Waals surface area contributed by atoms with Crippen molar-refractivity contribution in [2.75, 3.05) is 18.5 Å². The number of nitrogens with one attached hydrogen (secondary N) is 1. The molecule has 0 aromatic heterocycles. The van der Waals surface area contributed by atoms with Gasteiger partial charge in [0.05, 0.1) is 4.92 Å². The Bertz CT molecular complexity index is 393. The molecule has 0 aliphatic carbocycles. The molecule has 17 heavy (non-hydrogen) atoms. The fraction of sp³-hybridized carbons (Fsp3) is 0.500. The van der Waals surface area contributed by atoms with Crippen LogP contribution in [-0.4, -0.2) is 23.2 Å². The number of benzene rings is 1. The molecule has 0 amide bonds. The first-order valence-electron chi connectivity index (χ1n) is 5.65. The zero-order valence-electron chi connectivity index (χ0n) is 10.1. The number of aryl methyl sites for hydroxylation is 1. The van der Waals surface area contributed by atoms with E-state index in [1.807, 2.05) is 6.92 Å². The van der Waals surface area contributed by atoms with Gasteiger partial charge in [-0.2, -0.15) is 0 Å². The van der Waals surface area contributed by atoms with Crippen LogP contribution in [0.3, 0.4) is 0 Å². The average Bonchev–Trinajstić information content (AvgIpc) is 2.26. The molecule has 1 aromatic rings. The molecule has 94 valence electrons. The molecular weight excluding hydrogens is 220 g/mol. The summed E-state index contributed by atoms with van der Waals surface area (Å²) in [4.78, 5) is 10.6. The zero-order chi connectivity index (χ0) is 12.8. The van der Waals surface area contributed by atoms with Crippen molar-refractivity contribution in [1.82, 2.24) is 0 Å². The molecule has 1 unspecified atom stereocenters. The summed E-state index contributed by atoms with van der Waals surface area (Å²) in [6, 6.07) is 5.22. The second kappa shape index (κ2) is 6.20. The number of nitrogens with zero attached hydrogens (tertiary/aromatic N) is 1. The number of hydrogen-bond acceptors (Lipinski definition) is 4. The van der Waals surface area contributed by atoms with Crippen molar-refractivity contribution in [3.63, 3.8) is 0 Å². The molecule has 1 aromatic carbocycles. The van der Waals surface area contributed by atoms with Crippen LogP contribution in [0.25, 0.3) is 0 Å². The molecule has 2 N–H and O–H groups in total. The predicted molar refractivity (Wildman–Crippen MR) is 67.2 cm³/mol. The molecule has 1 rings (SSSR count). The van der Waals surface area contributed by atoms with Gasteiger partial charge in [0.15, 0.2) is 0 Å². The lowest BCUT2D eigenvalue weighted by Gasteiger charge is -2.13. The van der Waals surface area contributed by atoms with Crippen molar-refractivity contribution in [3.05, 3.63) is 33.9 Å². The monoisotopic (exact) mass is 238 g/mol. The third kappa shape index (κ3) is 3.71. The van der Waals surface area contributed by atoms with Crippen molar-refractivity contribution < 1.29 is 10.0 Å². The minimum Gasteiger partial charge on any atom is -0.396 e. The molecule has 0 radical (unpaired) electrons. The molecule has 1 atom stereocenters. The van der Waals surface area contributed by atoms with Crippen LogP contribution in [0.5, 0.6) is 0 Å². The molecule has 5 heteroatoms. The van der Waals surface area contributed by atoms with E-state index in [0.29, 0.717) is 24.2 Å². The number of rotatable bonds is 6. The van der Waals surface area contributed by atoms with E-state index in [2.05, 4.69) is 5.32 Å². The summed E-state index contributed by atoms with van der Waals surface area (Å²) in [6.45, 7) is 4.47. The number of para-hydroxylation sites is 1. The lowest BCUT2D eigenvalue weighted by atomic mass is 10.1. The molecule has 5 nitrogen and oxygen atoms in total. The van der Waals surface area contributed by atoms with Gasteiger partial charge in [0.1, 0.15) is 5.69 Å². The second-order valence-electron chi connectivity index (χ2n) is 4.23. The third-order valence-corrected chi connectivity index (χ3v) is 2.68. The number of nitro benzene ring substituents is 1. The Balaban J connectivity index is 2.77. The quantitative estimate of drug-likeness (QED) is 0.589. The molecule has 0 fully saturated rings. The van der Waals surface area contributed by atoms with Crippen LogP contribution < -0.4 is 5.32 Å². The van der Waals surface area contributed by atoms with E-state index in [1.165, 1.54) is 0 Å². The second-order valence-corrected chi connectivity index (χ2v) is 4.23. The predicted octanol–water partition coefficient (Wildman–Crippen LogP) is 2.33. The van der Waals surface area contributed by atoms with E-state index in [0.717, 1.165) is 0 Å². The fourth-order valence-electron chi connectivity index (χ4n) is 1.65. The van der Waals surface area contributed by atoms with E-state index in [9.17, 15) is 10.1 Å². The van der Waals surface area contributed by atoms with Crippen LogP contribution in [0.4, 0.5) is 11.4 Å². The molecular formula is C12H18N2O3. The van der Waals surface area contributed by atoms with E-state index >= 15 is 0 Å². The summed E-state index contributed by atoms with van der Waals surface area (Å²) in [5.74, 6) is 0.278. The first-order chi connectivity index (χ1) is 8.06. The van der Waals surface area contributed by atoms with Crippen LogP contribution in [-0.2, 0) is 0 Å². The Kier molecular flexibility index (Phi) is 4.90. The number of aliphatic hydroxyl groups excluding tert-OH is 1. The van der Waals surface area contributed by atoms with Gasteiger partial charge in [-0.05, 0) is 25.3 Å². The Morgan fingerprint density at radius 3 is 2.82 bits per heavy atom. The molecule has 0 saturated carbocycles. The summed E-state index contributed by atoms with van der Waals surface area (Å²) in [6.07, 6.45) is 0.687. The number of nitro groups is 1. The van der Waals surface area contributed by atoms with E-state index < -0.39 is 0 Å². The van der Waals surface area contributed by atoms with Gasteiger partial charge in [-0.15, -0.1) is 0 Å². The van der Waals surface area contributed by atoms with Gasteiger partial charge in [-0.25, -0.2) is 0 Å². The highest BCUT2D eigenvalue weighted by Crippen LogP contribution is 2.27. The highest BCUT2D eigenvalue weighted by atomic mass is 16.6. The topological polar surface area (TPSA) is 75.4 Å². The highest BCUT2D eigenvalue weighted by Gasteiger charge is 2.16. The minimum absolute atomic E-state index is 0.128. The first-order valence-corrected chi connectivity index (χ1v) is 5.65. The van der Waals surface area contributed by atoms with Crippen molar-refractivity contribution >= 4 is 11.4 Å². The maximum absolute atomic E-state index is 10.9. The molecule has 0 aliphatic heterocycles. The van der Waals surface area contributed by atoms with E-state index in [4.69, 9.17) is 5.11 Å².